The molecular weight excluding hydrogens is 244 g/mol. The number of aliphatic hydroxyl groups excluding tert-OH is 1. The van der Waals surface area contributed by atoms with Crippen LogP contribution in [0.5, 0.6) is 0 Å². The Morgan fingerprint density at radius 1 is 1.05 bits per heavy atom. The lowest BCUT2D eigenvalue weighted by atomic mass is 9.47. The molecule has 1 N–H and O–H groups in total. The highest BCUT2D eigenvalue weighted by molar-refractivity contribution is 5.23. The molecule has 3 saturated carbocycles. The van der Waals surface area contributed by atoms with Crippen molar-refractivity contribution in [2.24, 2.45) is 28.6 Å². The first-order valence-electron chi connectivity index (χ1n) is 8.93. The van der Waals surface area contributed by atoms with E-state index >= 15 is 0 Å². The van der Waals surface area contributed by atoms with Crippen LogP contribution in [0, 0.1) is 28.6 Å². The van der Waals surface area contributed by atoms with Crippen molar-refractivity contribution in [3.63, 3.8) is 0 Å². The average molecular weight is 274 g/mol. The van der Waals surface area contributed by atoms with Gasteiger partial charge >= 0.3 is 0 Å². The molecule has 1 nitrogen and oxygen atoms in total. The summed E-state index contributed by atoms with van der Waals surface area (Å²) in [5.74, 6) is 2.61. The quantitative estimate of drug-likeness (QED) is 0.635. The first kappa shape index (κ1) is 13.4. The summed E-state index contributed by atoms with van der Waals surface area (Å²) in [5.41, 5.74) is 2.55. The average Bonchev–Trinajstić information content (AvgIpc) is 2.74. The first-order valence-corrected chi connectivity index (χ1v) is 8.93. The third kappa shape index (κ3) is 1.59. The van der Waals surface area contributed by atoms with E-state index in [0.717, 1.165) is 24.2 Å². The highest BCUT2D eigenvalue weighted by Crippen LogP contribution is 2.65. The maximum atomic E-state index is 10.5. The van der Waals surface area contributed by atoms with Gasteiger partial charge in [0.2, 0.25) is 0 Å². The standard InChI is InChI=1S/C19H30O/c1-18-11-4-3-5-13(18)6-7-14-15-8-9-17(20)19(15,2)12-10-16(14)18/h5,14-17,20H,3-4,6-12H2,1-2H3/t14-,15-,16-,17+,18+,19-/m1/s1. The van der Waals surface area contributed by atoms with Crippen LogP contribution >= 0.6 is 0 Å². The normalized spacial score (nSPS) is 54.6. The zero-order valence-corrected chi connectivity index (χ0v) is 13.2. The highest BCUT2D eigenvalue weighted by Gasteiger charge is 2.58. The van der Waals surface area contributed by atoms with Crippen LogP contribution in [-0.4, -0.2) is 11.2 Å². The third-order valence-electron chi connectivity index (χ3n) is 7.98. The van der Waals surface area contributed by atoms with Crippen molar-refractivity contribution in [2.75, 3.05) is 0 Å². The van der Waals surface area contributed by atoms with E-state index in [1.807, 2.05) is 0 Å². The molecule has 0 radical (unpaired) electrons. The van der Waals surface area contributed by atoms with Gasteiger partial charge in [0, 0.05) is 0 Å². The number of fused-ring (bicyclic) bond motifs is 5. The van der Waals surface area contributed by atoms with Crippen molar-refractivity contribution in [3.8, 4) is 0 Å². The Kier molecular flexibility index (Phi) is 2.91. The Balaban J connectivity index is 1.68. The number of allylic oxidation sites excluding steroid dienone is 2. The topological polar surface area (TPSA) is 20.2 Å². The second-order valence-electron chi connectivity index (χ2n) is 8.59. The molecule has 4 aliphatic carbocycles. The van der Waals surface area contributed by atoms with E-state index in [9.17, 15) is 5.11 Å². The minimum Gasteiger partial charge on any atom is -0.393 e. The lowest BCUT2D eigenvalue weighted by Gasteiger charge is -2.57. The van der Waals surface area contributed by atoms with E-state index in [4.69, 9.17) is 0 Å². The Hall–Kier alpha value is -0.300. The van der Waals surface area contributed by atoms with Gasteiger partial charge in [0.15, 0.2) is 0 Å². The van der Waals surface area contributed by atoms with Crippen molar-refractivity contribution in [3.05, 3.63) is 11.6 Å². The van der Waals surface area contributed by atoms with E-state index in [0.29, 0.717) is 5.41 Å². The first-order chi connectivity index (χ1) is 9.56. The minimum absolute atomic E-state index is 0.0236. The fourth-order valence-corrected chi connectivity index (χ4v) is 6.73. The minimum atomic E-state index is -0.0236. The second kappa shape index (κ2) is 4.35. The van der Waals surface area contributed by atoms with Crippen molar-refractivity contribution in [2.45, 2.75) is 77.7 Å². The smallest absolute Gasteiger partial charge is 0.0596 e. The van der Waals surface area contributed by atoms with Crippen LogP contribution in [0.25, 0.3) is 0 Å². The van der Waals surface area contributed by atoms with Crippen molar-refractivity contribution in [1.29, 1.82) is 0 Å². The van der Waals surface area contributed by atoms with Crippen molar-refractivity contribution in [1.82, 2.24) is 0 Å². The van der Waals surface area contributed by atoms with Gasteiger partial charge in [-0.25, -0.2) is 0 Å². The molecule has 4 aliphatic rings. The summed E-state index contributed by atoms with van der Waals surface area (Å²) in [6, 6.07) is 0. The molecular formula is C19H30O. The monoisotopic (exact) mass is 274 g/mol. The largest absolute Gasteiger partial charge is 0.393 e. The van der Waals surface area contributed by atoms with Crippen LogP contribution in [0.1, 0.15) is 71.6 Å². The van der Waals surface area contributed by atoms with Crippen LogP contribution in [-0.2, 0) is 0 Å². The number of hydrogen-bond acceptors (Lipinski definition) is 1. The Morgan fingerprint density at radius 2 is 1.90 bits per heavy atom. The van der Waals surface area contributed by atoms with Crippen LogP contribution in [0.4, 0.5) is 0 Å². The highest BCUT2D eigenvalue weighted by atomic mass is 16.3. The molecule has 6 atom stereocenters. The molecule has 20 heavy (non-hydrogen) atoms. The summed E-state index contributed by atoms with van der Waals surface area (Å²) in [4.78, 5) is 0. The Labute approximate surface area is 123 Å². The third-order valence-corrected chi connectivity index (χ3v) is 7.98. The number of hydrogen-bond donors (Lipinski definition) is 1. The van der Waals surface area contributed by atoms with E-state index in [2.05, 4.69) is 19.9 Å². The van der Waals surface area contributed by atoms with Crippen LogP contribution in [0.15, 0.2) is 11.6 Å². The summed E-state index contributed by atoms with van der Waals surface area (Å²) in [6.45, 7) is 4.96. The summed E-state index contributed by atoms with van der Waals surface area (Å²) in [5, 5.41) is 10.5. The predicted octanol–water partition coefficient (Wildman–Crippen LogP) is 4.70. The molecule has 0 heterocycles. The van der Waals surface area contributed by atoms with Gasteiger partial charge in [-0.3, -0.25) is 0 Å². The molecule has 0 amide bonds. The molecule has 0 spiro atoms. The number of aliphatic hydroxyl groups is 1. The van der Waals surface area contributed by atoms with Gasteiger partial charge in [0.25, 0.3) is 0 Å². The zero-order valence-electron chi connectivity index (χ0n) is 13.2. The van der Waals surface area contributed by atoms with Gasteiger partial charge in [-0.2, -0.15) is 0 Å². The second-order valence-corrected chi connectivity index (χ2v) is 8.59. The molecule has 0 aromatic rings. The van der Waals surface area contributed by atoms with E-state index in [1.54, 1.807) is 5.57 Å². The van der Waals surface area contributed by atoms with Gasteiger partial charge < -0.3 is 5.11 Å². The molecule has 1 heteroatoms. The number of rotatable bonds is 0. The van der Waals surface area contributed by atoms with E-state index in [1.165, 1.54) is 51.4 Å². The van der Waals surface area contributed by atoms with Gasteiger partial charge in [-0.1, -0.05) is 25.5 Å². The van der Waals surface area contributed by atoms with Gasteiger partial charge in [-0.05, 0) is 86.4 Å². The van der Waals surface area contributed by atoms with Crippen LogP contribution < -0.4 is 0 Å². The molecule has 0 bridgehead atoms. The fourth-order valence-electron chi connectivity index (χ4n) is 6.73. The summed E-state index contributed by atoms with van der Waals surface area (Å²) in [7, 11) is 0. The maximum absolute atomic E-state index is 10.5. The lowest BCUT2D eigenvalue weighted by molar-refractivity contribution is -0.0736. The van der Waals surface area contributed by atoms with Crippen LogP contribution in [0.3, 0.4) is 0 Å². The van der Waals surface area contributed by atoms with Crippen molar-refractivity contribution >= 4 is 0 Å². The molecule has 3 fully saturated rings. The van der Waals surface area contributed by atoms with E-state index in [-0.39, 0.29) is 11.5 Å². The summed E-state index contributed by atoms with van der Waals surface area (Å²) in [6.07, 6.45) is 14.4. The Morgan fingerprint density at radius 3 is 2.75 bits per heavy atom. The lowest BCUT2D eigenvalue weighted by Crippen LogP contribution is -2.50. The van der Waals surface area contributed by atoms with Gasteiger partial charge in [-0.15, -0.1) is 0 Å². The predicted molar refractivity (Wildman–Crippen MR) is 82.3 cm³/mol. The molecule has 112 valence electrons. The SMILES string of the molecule is C[C@@]12CC[C@@H]3[C@H](CCC4=CCCC[C@@]43C)[C@H]1CC[C@@H]2O. The molecule has 0 saturated heterocycles. The van der Waals surface area contributed by atoms with Crippen molar-refractivity contribution < 1.29 is 5.11 Å². The van der Waals surface area contributed by atoms with E-state index < -0.39 is 0 Å². The summed E-state index contributed by atoms with van der Waals surface area (Å²) >= 11 is 0. The molecule has 0 aromatic carbocycles. The Bertz CT molecular complexity index is 439. The molecule has 0 aliphatic heterocycles. The summed E-state index contributed by atoms with van der Waals surface area (Å²) < 4.78 is 0. The molecule has 0 unspecified atom stereocenters. The zero-order chi connectivity index (χ0) is 14.0. The van der Waals surface area contributed by atoms with Gasteiger partial charge in [0.1, 0.15) is 0 Å². The van der Waals surface area contributed by atoms with Crippen LogP contribution in [0.2, 0.25) is 0 Å². The fraction of sp³-hybridized carbons (Fsp3) is 0.895. The molecule has 0 aromatic heterocycles. The molecule has 4 rings (SSSR count). The maximum Gasteiger partial charge on any atom is 0.0596 e. The van der Waals surface area contributed by atoms with Gasteiger partial charge in [0.05, 0.1) is 6.10 Å².